The Morgan fingerprint density at radius 3 is 2.41 bits per heavy atom. The molecule has 0 aliphatic rings. The third-order valence-corrected chi connectivity index (χ3v) is 2.67. The van der Waals surface area contributed by atoms with E-state index < -0.39 is 23.7 Å². The van der Waals surface area contributed by atoms with Crippen molar-refractivity contribution in [3.8, 4) is 11.5 Å². The molecule has 1 rings (SSSR count). The normalized spacial score (nSPS) is 12.4. The summed E-state index contributed by atoms with van der Waals surface area (Å²) in [5, 5.41) is 21.3. The molecule has 0 saturated carbocycles. The van der Waals surface area contributed by atoms with Crippen LogP contribution in [0, 0.1) is 0 Å². The zero-order chi connectivity index (χ0) is 16.9. The average Bonchev–Trinajstić information content (AvgIpc) is 2.35. The van der Waals surface area contributed by atoms with Crippen LogP contribution in [0.5, 0.6) is 11.5 Å². The van der Waals surface area contributed by atoms with E-state index in [2.05, 4.69) is 5.32 Å². The molecule has 1 unspecified atom stereocenters. The standard InChI is InChI=1S/C15H21NO6/c1-15(2,3)22-14(20)16-10(8-13(18)19)9-5-6-12(21-4)11(17)7-9/h5-7,10,17H,8H2,1-4H3,(H,16,20)(H,18,19). The number of amides is 1. The predicted octanol–water partition coefficient (Wildman–Crippen LogP) is 2.44. The fourth-order valence-corrected chi connectivity index (χ4v) is 1.80. The quantitative estimate of drug-likeness (QED) is 0.771. The number of phenols is 1. The van der Waals surface area contributed by atoms with Gasteiger partial charge in [0, 0.05) is 0 Å². The Balaban J connectivity index is 2.95. The Morgan fingerprint density at radius 1 is 1.32 bits per heavy atom. The molecule has 0 heterocycles. The molecule has 0 spiro atoms. The van der Waals surface area contributed by atoms with Crippen molar-refractivity contribution in [1.82, 2.24) is 5.32 Å². The van der Waals surface area contributed by atoms with Gasteiger partial charge in [0.2, 0.25) is 0 Å². The fraction of sp³-hybridized carbons (Fsp3) is 0.467. The lowest BCUT2D eigenvalue weighted by molar-refractivity contribution is -0.137. The third-order valence-electron chi connectivity index (χ3n) is 2.67. The molecule has 0 bridgehead atoms. The highest BCUT2D eigenvalue weighted by atomic mass is 16.6. The molecule has 7 heteroatoms. The summed E-state index contributed by atoms with van der Waals surface area (Å²) in [4.78, 5) is 22.8. The first kappa shape index (κ1) is 17.6. The lowest BCUT2D eigenvalue weighted by Crippen LogP contribution is -2.35. The number of methoxy groups -OCH3 is 1. The number of carboxylic acid groups (broad SMARTS) is 1. The van der Waals surface area contributed by atoms with Gasteiger partial charge in [-0.15, -0.1) is 0 Å². The third kappa shape index (κ3) is 5.51. The lowest BCUT2D eigenvalue weighted by Gasteiger charge is -2.23. The van der Waals surface area contributed by atoms with Crippen molar-refractivity contribution in [2.45, 2.75) is 38.8 Å². The van der Waals surface area contributed by atoms with E-state index in [0.29, 0.717) is 5.56 Å². The summed E-state index contributed by atoms with van der Waals surface area (Å²) in [6.07, 6.45) is -1.07. The van der Waals surface area contributed by atoms with E-state index in [0.717, 1.165) is 0 Å². The Kier molecular flexibility index (Phi) is 5.62. The minimum Gasteiger partial charge on any atom is -0.504 e. The zero-order valence-electron chi connectivity index (χ0n) is 13.0. The van der Waals surface area contributed by atoms with Gasteiger partial charge in [-0.1, -0.05) is 6.07 Å². The number of carbonyl (C=O) groups excluding carboxylic acids is 1. The molecule has 3 N–H and O–H groups in total. The second-order valence-electron chi connectivity index (χ2n) is 5.73. The van der Waals surface area contributed by atoms with Gasteiger partial charge in [-0.05, 0) is 38.5 Å². The second-order valence-corrected chi connectivity index (χ2v) is 5.73. The van der Waals surface area contributed by atoms with Gasteiger partial charge in [-0.25, -0.2) is 4.79 Å². The van der Waals surface area contributed by atoms with E-state index in [1.54, 1.807) is 26.8 Å². The van der Waals surface area contributed by atoms with E-state index in [4.69, 9.17) is 14.6 Å². The maximum absolute atomic E-state index is 11.8. The van der Waals surface area contributed by atoms with Crippen molar-refractivity contribution in [3.05, 3.63) is 23.8 Å². The topological polar surface area (TPSA) is 105 Å². The molecule has 0 aliphatic heterocycles. The van der Waals surface area contributed by atoms with Crippen molar-refractivity contribution >= 4 is 12.1 Å². The molecule has 0 fully saturated rings. The van der Waals surface area contributed by atoms with Gasteiger partial charge >= 0.3 is 12.1 Å². The maximum Gasteiger partial charge on any atom is 0.408 e. The Bertz CT molecular complexity index is 549. The SMILES string of the molecule is COc1ccc(C(CC(=O)O)NC(=O)OC(C)(C)C)cc1O. The molecular weight excluding hydrogens is 290 g/mol. The number of ether oxygens (including phenoxy) is 2. The Hall–Kier alpha value is -2.44. The summed E-state index contributed by atoms with van der Waals surface area (Å²) in [5.74, 6) is -0.965. The van der Waals surface area contributed by atoms with Crippen LogP contribution in [0.1, 0.15) is 38.8 Å². The molecular formula is C15H21NO6. The van der Waals surface area contributed by atoms with E-state index in [9.17, 15) is 14.7 Å². The zero-order valence-corrected chi connectivity index (χ0v) is 13.0. The lowest BCUT2D eigenvalue weighted by atomic mass is 10.0. The summed E-state index contributed by atoms with van der Waals surface area (Å²) in [7, 11) is 1.41. The largest absolute Gasteiger partial charge is 0.504 e. The molecule has 0 radical (unpaired) electrons. The first-order valence-electron chi connectivity index (χ1n) is 6.70. The van der Waals surface area contributed by atoms with Gasteiger partial charge in [-0.2, -0.15) is 0 Å². The highest BCUT2D eigenvalue weighted by molar-refractivity contribution is 5.72. The Morgan fingerprint density at radius 2 is 1.95 bits per heavy atom. The van der Waals surface area contributed by atoms with Crippen molar-refractivity contribution in [2.75, 3.05) is 7.11 Å². The summed E-state index contributed by atoms with van der Waals surface area (Å²) in [6, 6.07) is 3.59. The van der Waals surface area contributed by atoms with Gasteiger partial charge in [0.1, 0.15) is 5.60 Å². The highest BCUT2D eigenvalue weighted by Gasteiger charge is 2.23. The average molecular weight is 311 g/mol. The summed E-state index contributed by atoms with van der Waals surface area (Å²) in [5.41, 5.74) is -0.258. The van der Waals surface area contributed by atoms with E-state index in [1.807, 2.05) is 0 Å². The van der Waals surface area contributed by atoms with Gasteiger partial charge in [0.25, 0.3) is 0 Å². The Labute approximate surface area is 128 Å². The minimum atomic E-state index is -1.09. The summed E-state index contributed by atoms with van der Waals surface area (Å²) in [6.45, 7) is 5.12. The van der Waals surface area contributed by atoms with Crippen molar-refractivity contribution in [3.63, 3.8) is 0 Å². The van der Waals surface area contributed by atoms with Crippen LogP contribution < -0.4 is 10.1 Å². The van der Waals surface area contributed by atoms with Crippen LogP contribution in [0.15, 0.2) is 18.2 Å². The first-order chi connectivity index (χ1) is 10.1. The molecule has 0 saturated heterocycles. The second kappa shape index (κ2) is 7.02. The summed E-state index contributed by atoms with van der Waals surface area (Å²) >= 11 is 0. The van der Waals surface area contributed by atoms with Gasteiger partial charge in [-0.3, -0.25) is 4.79 Å². The number of carboxylic acids is 1. The molecule has 1 amide bonds. The first-order valence-corrected chi connectivity index (χ1v) is 6.70. The number of carbonyl (C=O) groups is 2. The molecule has 1 aromatic rings. The van der Waals surface area contributed by atoms with Crippen molar-refractivity contribution in [1.29, 1.82) is 0 Å². The van der Waals surface area contributed by atoms with Gasteiger partial charge in [0.05, 0.1) is 19.6 Å². The molecule has 0 aliphatic carbocycles. The van der Waals surface area contributed by atoms with E-state index >= 15 is 0 Å². The van der Waals surface area contributed by atoms with Crippen molar-refractivity contribution in [2.24, 2.45) is 0 Å². The monoisotopic (exact) mass is 311 g/mol. The van der Waals surface area contributed by atoms with Gasteiger partial charge < -0.3 is 25.0 Å². The number of aromatic hydroxyl groups is 1. The molecule has 0 aromatic heterocycles. The van der Waals surface area contributed by atoms with E-state index in [-0.39, 0.29) is 17.9 Å². The molecule has 122 valence electrons. The molecule has 7 nitrogen and oxygen atoms in total. The molecule has 22 heavy (non-hydrogen) atoms. The molecule has 1 atom stereocenters. The fourth-order valence-electron chi connectivity index (χ4n) is 1.80. The smallest absolute Gasteiger partial charge is 0.408 e. The van der Waals surface area contributed by atoms with Crippen LogP contribution in [0.4, 0.5) is 4.79 Å². The maximum atomic E-state index is 11.8. The van der Waals surface area contributed by atoms with Crippen LogP contribution in [-0.2, 0) is 9.53 Å². The number of hydrogen-bond donors (Lipinski definition) is 3. The number of alkyl carbamates (subject to hydrolysis) is 1. The van der Waals surface area contributed by atoms with Crippen LogP contribution in [-0.4, -0.2) is 35.0 Å². The van der Waals surface area contributed by atoms with Crippen LogP contribution in [0.25, 0.3) is 0 Å². The number of nitrogens with one attached hydrogen (secondary N) is 1. The number of benzene rings is 1. The van der Waals surface area contributed by atoms with Crippen LogP contribution >= 0.6 is 0 Å². The number of aliphatic carboxylic acids is 1. The molecule has 1 aromatic carbocycles. The number of hydrogen-bond acceptors (Lipinski definition) is 5. The van der Waals surface area contributed by atoms with E-state index in [1.165, 1.54) is 19.2 Å². The van der Waals surface area contributed by atoms with Crippen LogP contribution in [0.2, 0.25) is 0 Å². The van der Waals surface area contributed by atoms with Crippen LogP contribution in [0.3, 0.4) is 0 Å². The van der Waals surface area contributed by atoms with Gasteiger partial charge in [0.15, 0.2) is 11.5 Å². The minimum absolute atomic E-state index is 0.138. The summed E-state index contributed by atoms with van der Waals surface area (Å²) < 4.78 is 10.0. The predicted molar refractivity (Wildman–Crippen MR) is 79.0 cm³/mol. The number of phenolic OH excluding ortho intramolecular Hbond substituents is 1. The highest BCUT2D eigenvalue weighted by Crippen LogP contribution is 2.30. The number of rotatable bonds is 5. The van der Waals surface area contributed by atoms with Crippen molar-refractivity contribution < 1.29 is 29.3 Å².